The van der Waals surface area contributed by atoms with Gasteiger partial charge in [-0.3, -0.25) is 4.79 Å². The first-order valence-corrected chi connectivity index (χ1v) is 7.57. The molecule has 1 aromatic carbocycles. The van der Waals surface area contributed by atoms with Gasteiger partial charge in [0.05, 0.1) is 11.6 Å². The summed E-state index contributed by atoms with van der Waals surface area (Å²) in [5.41, 5.74) is 1.75. The number of carbonyl (C=O) groups is 1. The lowest BCUT2D eigenvalue weighted by Crippen LogP contribution is -2.36. The van der Waals surface area contributed by atoms with Crippen LogP contribution in [-0.4, -0.2) is 34.1 Å². The largest absolute Gasteiger partial charge is 0.481 e. The van der Waals surface area contributed by atoms with Crippen LogP contribution in [-0.2, 0) is 4.79 Å². The molecule has 0 aliphatic carbocycles. The number of carboxylic acid groups (broad SMARTS) is 1. The van der Waals surface area contributed by atoms with Crippen molar-refractivity contribution >= 4 is 23.4 Å². The molecule has 1 fully saturated rings. The molecule has 1 aliphatic heterocycles. The Hall–Kier alpha value is -2.14. The van der Waals surface area contributed by atoms with E-state index in [1.165, 1.54) is 6.33 Å². The second-order valence-corrected chi connectivity index (χ2v) is 5.81. The minimum absolute atomic E-state index is 0.245. The van der Waals surface area contributed by atoms with Gasteiger partial charge in [0.25, 0.3) is 0 Å². The van der Waals surface area contributed by atoms with Crippen LogP contribution in [0.15, 0.2) is 36.7 Å². The summed E-state index contributed by atoms with van der Waals surface area (Å²) in [5, 5.41) is 9.72. The van der Waals surface area contributed by atoms with Crippen molar-refractivity contribution in [1.82, 2.24) is 9.97 Å². The Balaban J connectivity index is 1.79. The molecule has 0 amide bonds. The van der Waals surface area contributed by atoms with Gasteiger partial charge < -0.3 is 10.0 Å². The van der Waals surface area contributed by atoms with Crippen LogP contribution in [0, 0.1) is 5.92 Å². The van der Waals surface area contributed by atoms with Gasteiger partial charge >= 0.3 is 5.97 Å². The summed E-state index contributed by atoms with van der Waals surface area (Å²) >= 11 is 6.02. The van der Waals surface area contributed by atoms with Crippen LogP contribution < -0.4 is 4.90 Å². The lowest BCUT2D eigenvalue weighted by Gasteiger charge is -2.31. The molecule has 6 heteroatoms. The topological polar surface area (TPSA) is 66.3 Å². The van der Waals surface area contributed by atoms with Gasteiger partial charge in [-0.15, -0.1) is 0 Å². The van der Waals surface area contributed by atoms with Gasteiger partial charge in [-0.2, -0.15) is 0 Å². The molecule has 1 aromatic heterocycles. The molecule has 2 aromatic rings. The van der Waals surface area contributed by atoms with Crippen LogP contribution in [0.1, 0.15) is 12.8 Å². The molecule has 5 nitrogen and oxygen atoms in total. The van der Waals surface area contributed by atoms with Crippen LogP contribution in [0.25, 0.3) is 11.3 Å². The van der Waals surface area contributed by atoms with E-state index in [1.807, 2.05) is 30.3 Å². The molecule has 2 heterocycles. The quantitative estimate of drug-likeness (QED) is 0.942. The average molecular weight is 318 g/mol. The molecule has 1 aliphatic rings. The zero-order valence-electron chi connectivity index (χ0n) is 11.9. The van der Waals surface area contributed by atoms with E-state index >= 15 is 0 Å². The van der Waals surface area contributed by atoms with Crippen LogP contribution in [0.4, 0.5) is 5.82 Å². The molecular formula is C16H16ClN3O2. The van der Waals surface area contributed by atoms with Crippen molar-refractivity contribution in [1.29, 1.82) is 0 Å². The van der Waals surface area contributed by atoms with Gasteiger partial charge in [0.2, 0.25) is 0 Å². The number of benzene rings is 1. The van der Waals surface area contributed by atoms with Gasteiger partial charge in [-0.1, -0.05) is 23.7 Å². The van der Waals surface area contributed by atoms with Crippen molar-refractivity contribution in [2.75, 3.05) is 18.0 Å². The van der Waals surface area contributed by atoms with E-state index in [0.29, 0.717) is 31.0 Å². The van der Waals surface area contributed by atoms with E-state index in [4.69, 9.17) is 16.7 Å². The summed E-state index contributed by atoms with van der Waals surface area (Å²) in [5.74, 6) is -0.124. The fourth-order valence-electron chi connectivity index (χ4n) is 2.68. The predicted octanol–water partition coefficient (Wildman–Crippen LogP) is 3.10. The van der Waals surface area contributed by atoms with Crippen molar-refractivity contribution in [3.05, 3.63) is 41.7 Å². The summed E-state index contributed by atoms with van der Waals surface area (Å²) in [7, 11) is 0. The highest BCUT2D eigenvalue weighted by atomic mass is 35.5. The van der Waals surface area contributed by atoms with E-state index in [-0.39, 0.29) is 5.92 Å². The molecular weight excluding hydrogens is 302 g/mol. The van der Waals surface area contributed by atoms with Crippen molar-refractivity contribution in [2.45, 2.75) is 12.8 Å². The highest BCUT2D eigenvalue weighted by molar-refractivity contribution is 6.30. The average Bonchev–Trinajstić information content (AvgIpc) is 2.55. The number of hydrogen-bond acceptors (Lipinski definition) is 4. The minimum Gasteiger partial charge on any atom is -0.481 e. The van der Waals surface area contributed by atoms with Crippen molar-refractivity contribution in [2.24, 2.45) is 5.92 Å². The Labute approximate surface area is 133 Å². The normalized spacial score (nSPS) is 15.8. The van der Waals surface area contributed by atoms with Gasteiger partial charge in [-0.05, 0) is 25.0 Å². The van der Waals surface area contributed by atoms with Crippen molar-refractivity contribution in [3.8, 4) is 11.3 Å². The molecule has 114 valence electrons. The van der Waals surface area contributed by atoms with E-state index in [1.54, 1.807) is 0 Å². The standard InChI is InChI=1S/C16H16ClN3O2/c17-13-3-1-2-12(8-13)14-9-15(19-10-18-14)20-6-4-11(5-7-20)16(21)22/h1-3,8-11H,4-7H2,(H,21,22). The fraction of sp³-hybridized carbons (Fsp3) is 0.312. The number of rotatable bonds is 3. The molecule has 0 saturated carbocycles. The van der Waals surface area contributed by atoms with Crippen LogP contribution >= 0.6 is 11.6 Å². The van der Waals surface area contributed by atoms with Gasteiger partial charge in [0, 0.05) is 29.7 Å². The van der Waals surface area contributed by atoms with Gasteiger partial charge in [0.1, 0.15) is 12.1 Å². The lowest BCUT2D eigenvalue weighted by molar-refractivity contribution is -0.142. The van der Waals surface area contributed by atoms with Gasteiger partial charge in [0.15, 0.2) is 0 Å². The molecule has 0 bridgehead atoms. The highest BCUT2D eigenvalue weighted by Gasteiger charge is 2.25. The summed E-state index contributed by atoms with van der Waals surface area (Å²) in [6.45, 7) is 1.39. The van der Waals surface area contributed by atoms with Gasteiger partial charge in [-0.25, -0.2) is 9.97 Å². The molecule has 1 saturated heterocycles. The maximum Gasteiger partial charge on any atom is 0.306 e. The second-order valence-electron chi connectivity index (χ2n) is 5.37. The third-order valence-corrected chi connectivity index (χ3v) is 4.18. The van der Waals surface area contributed by atoms with E-state index in [9.17, 15) is 4.79 Å². The number of halogens is 1. The number of aromatic nitrogens is 2. The Bertz CT molecular complexity index is 685. The van der Waals surface area contributed by atoms with E-state index in [2.05, 4.69) is 14.9 Å². The molecule has 1 N–H and O–H groups in total. The first kappa shape index (κ1) is 14.8. The Morgan fingerprint density at radius 1 is 1.23 bits per heavy atom. The molecule has 0 radical (unpaired) electrons. The number of anilines is 1. The maximum absolute atomic E-state index is 11.0. The summed E-state index contributed by atoms with van der Waals surface area (Å²) in [6.07, 6.45) is 2.83. The zero-order valence-corrected chi connectivity index (χ0v) is 12.7. The first-order valence-electron chi connectivity index (χ1n) is 7.19. The maximum atomic E-state index is 11.0. The summed E-state index contributed by atoms with van der Waals surface area (Å²) < 4.78 is 0. The Morgan fingerprint density at radius 2 is 2.00 bits per heavy atom. The highest BCUT2D eigenvalue weighted by Crippen LogP contribution is 2.26. The predicted molar refractivity (Wildman–Crippen MR) is 85.1 cm³/mol. The van der Waals surface area contributed by atoms with Crippen LogP contribution in [0.2, 0.25) is 5.02 Å². The molecule has 22 heavy (non-hydrogen) atoms. The molecule has 0 spiro atoms. The van der Waals surface area contributed by atoms with E-state index in [0.717, 1.165) is 17.1 Å². The Morgan fingerprint density at radius 3 is 2.68 bits per heavy atom. The number of piperidine rings is 1. The SMILES string of the molecule is O=C(O)C1CCN(c2cc(-c3cccc(Cl)c3)ncn2)CC1. The lowest BCUT2D eigenvalue weighted by atomic mass is 9.97. The third-order valence-electron chi connectivity index (χ3n) is 3.94. The molecule has 0 atom stereocenters. The van der Waals surface area contributed by atoms with Crippen molar-refractivity contribution < 1.29 is 9.90 Å². The monoisotopic (exact) mass is 317 g/mol. The third kappa shape index (κ3) is 3.20. The first-order chi connectivity index (χ1) is 10.6. The smallest absolute Gasteiger partial charge is 0.306 e. The van der Waals surface area contributed by atoms with E-state index < -0.39 is 5.97 Å². The van der Waals surface area contributed by atoms with Crippen molar-refractivity contribution in [3.63, 3.8) is 0 Å². The number of hydrogen-bond donors (Lipinski definition) is 1. The molecule has 0 unspecified atom stereocenters. The number of nitrogens with zero attached hydrogens (tertiary/aromatic N) is 3. The zero-order chi connectivity index (χ0) is 15.5. The minimum atomic E-state index is -0.707. The second kappa shape index (κ2) is 6.32. The Kier molecular flexibility index (Phi) is 4.24. The van der Waals surface area contributed by atoms with Crippen LogP contribution in [0.3, 0.4) is 0 Å². The van der Waals surface area contributed by atoms with Crippen LogP contribution in [0.5, 0.6) is 0 Å². The fourth-order valence-corrected chi connectivity index (χ4v) is 2.87. The number of carboxylic acids is 1. The summed E-state index contributed by atoms with van der Waals surface area (Å²) in [6, 6.07) is 9.45. The summed E-state index contributed by atoms with van der Waals surface area (Å²) in [4.78, 5) is 21.7. The molecule has 3 rings (SSSR count). The number of aliphatic carboxylic acids is 1.